The minimum Gasteiger partial charge on any atom is -0.348 e. The van der Waals surface area contributed by atoms with Crippen LogP contribution >= 0.6 is 23.2 Å². The molecule has 2 aromatic rings. The Morgan fingerprint density at radius 1 is 1.24 bits per heavy atom. The summed E-state index contributed by atoms with van der Waals surface area (Å²) >= 11 is 12.0. The van der Waals surface area contributed by atoms with Crippen molar-refractivity contribution < 1.29 is 18.8 Å². The summed E-state index contributed by atoms with van der Waals surface area (Å²) in [5.41, 5.74) is -0.922. The van der Waals surface area contributed by atoms with Crippen LogP contribution in [0.25, 0.3) is 0 Å². The number of rotatable bonds is 5. The molecule has 4 amide bonds. The van der Waals surface area contributed by atoms with Gasteiger partial charge in [0.1, 0.15) is 17.9 Å². The molecule has 0 bridgehead atoms. The summed E-state index contributed by atoms with van der Waals surface area (Å²) in [5.74, 6) is -1.90. The Labute approximate surface area is 177 Å². The zero-order valence-corrected chi connectivity index (χ0v) is 17.1. The fourth-order valence-electron chi connectivity index (χ4n) is 3.25. The van der Waals surface area contributed by atoms with Crippen LogP contribution in [-0.4, -0.2) is 29.3 Å². The van der Waals surface area contributed by atoms with Gasteiger partial charge < -0.3 is 10.6 Å². The Balaban J connectivity index is 1.73. The maximum Gasteiger partial charge on any atom is 0.325 e. The van der Waals surface area contributed by atoms with Gasteiger partial charge in [-0.3, -0.25) is 14.5 Å². The first-order valence-corrected chi connectivity index (χ1v) is 9.52. The predicted octanol–water partition coefficient (Wildman–Crippen LogP) is 3.78. The number of hydrogen-bond acceptors (Lipinski definition) is 3. The van der Waals surface area contributed by atoms with E-state index in [1.54, 1.807) is 31.2 Å². The standard InChI is InChI=1S/C20H18Cl2FN3O3/c1-11(13-8-7-12(21)9-15(13)22)24-17(27)10-26-18(28)20(2,25-19(26)29)14-5-3-4-6-16(14)23/h3-9,11H,10H2,1-2H3,(H,24,27)(H,25,29). The fraction of sp³-hybridized carbons (Fsp3) is 0.250. The molecule has 0 aliphatic carbocycles. The van der Waals surface area contributed by atoms with Crippen molar-refractivity contribution in [3.8, 4) is 0 Å². The second-order valence-corrected chi connectivity index (χ2v) is 7.72. The highest BCUT2D eigenvalue weighted by molar-refractivity contribution is 6.35. The molecule has 1 saturated heterocycles. The summed E-state index contributed by atoms with van der Waals surface area (Å²) in [4.78, 5) is 38.4. The number of nitrogens with zero attached hydrogens (tertiary/aromatic N) is 1. The van der Waals surface area contributed by atoms with Crippen molar-refractivity contribution in [1.29, 1.82) is 0 Å². The average Bonchev–Trinajstić information content (AvgIpc) is 2.85. The summed E-state index contributed by atoms with van der Waals surface area (Å²) in [6.45, 7) is 2.60. The molecule has 2 unspecified atom stereocenters. The number of hydrogen-bond donors (Lipinski definition) is 2. The lowest BCUT2D eigenvalue weighted by Gasteiger charge is -2.23. The molecule has 3 rings (SSSR count). The molecule has 9 heteroatoms. The molecular weight excluding hydrogens is 420 g/mol. The summed E-state index contributed by atoms with van der Waals surface area (Å²) < 4.78 is 14.2. The van der Waals surface area contributed by atoms with E-state index in [-0.39, 0.29) is 5.56 Å². The van der Waals surface area contributed by atoms with Crippen LogP contribution in [0.1, 0.15) is 31.0 Å². The number of benzene rings is 2. The number of imide groups is 1. The lowest BCUT2D eigenvalue weighted by molar-refractivity contribution is -0.135. The lowest BCUT2D eigenvalue weighted by Crippen LogP contribution is -2.44. The van der Waals surface area contributed by atoms with E-state index >= 15 is 0 Å². The van der Waals surface area contributed by atoms with Gasteiger partial charge in [-0.05, 0) is 37.6 Å². The molecule has 1 fully saturated rings. The molecule has 1 aliphatic rings. The molecule has 0 aromatic heterocycles. The first-order valence-electron chi connectivity index (χ1n) is 8.77. The van der Waals surface area contributed by atoms with Crippen molar-refractivity contribution >= 4 is 41.0 Å². The zero-order chi connectivity index (χ0) is 21.3. The number of urea groups is 1. The lowest BCUT2D eigenvalue weighted by atomic mass is 9.91. The van der Waals surface area contributed by atoms with Crippen LogP contribution in [0.3, 0.4) is 0 Å². The van der Waals surface area contributed by atoms with E-state index in [1.165, 1.54) is 25.1 Å². The van der Waals surface area contributed by atoms with Crippen molar-refractivity contribution in [2.75, 3.05) is 6.54 Å². The van der Waals surface area contributed by atoms with Crippen LogP contribution in [0.5, 0.6) is 0 Å². The molecule has 0 spiro atoms. The SMILES string of the molecule is CC(NC(=O)CN1C(=O)NC(C)(c2ccccc2F)C1=O)c1ccc(Cl)cc1Cl. The Bertz CT molecular complexity index is 1000. The van der Waals surface area contributed by atoms with Gasteiger partial charge in [-0.15, -0.1) is 0 Å². The van der Waals surface area contributed by atoms with Crippen molar-refractivity contribution in [1.82, 2.24) is 15.5 Å². The van der Waals surface area contributed by atoms with Gasteiger partial charge in [0.25, 0.3) is 5.91 Å². The Morgan fingerprint density at radius 2 is 1.93 bits per heavy atom. The van der Waals surface area contributed by atoms with E-state index in [1.807, 2.05) is 0 Å². The Kier molecular flexibility index (Phi) is 5.82. The second-order valence-electron chi connectivity index (χ2n) is 6.88. The van der Waals surface area contributed by atoms with Gasteiger partial charge in [-0.2, -0.15) is 0 Å². The number of halogens is 3. The average molecular weight is 438 g/mol. The van der Waals surface area contributed by atoms with Crippen molar-refractivity contribution in [2.24, 2.45) is 0 Å². The van der Waals surface area contributed by atoms with Crippen molar-refractivity contribution in [3.05, 3.63) is 69.5 Å². The molecule has 6 nitrogen and oxygen atoms in total. The van der Waals surface area contributed by atoms with Crippen LogP contribution < -0.4 is 10.6 Å². The number of nitrogens with one attached hydrogen (secondary N) is 2. The maximum absolute atomic E-state index is 14.2. The van der Waals surface area contributed by atoms with E-state index in [2.05, 4.69) is 10.6 Å². The van der Waals surface area contributed by atoms with Gasteiger partial charge in [0.05, 0.1) is 6.04 Å². The third-order valence-corrected chi connectivity index (χ3v) is 5.36. The minimum atomic E-state index is -1.59. The van der Waals surface area contributed by atoms with Gasteiger partial charge in [0, 0.05) is 15.6 Å². The van der Waals surface area contributed by atoms with Crippen LogP contribution in [0.4, 0.5) is 9.18 Å². The first kappa shape index (κ1) is 21.1. The molecule has 152 valence electrons. The van der Waals surface area contributed by atoms with Crippen LogP contribution in [0.15, 0.2) is 42.5 Å². The summed E-state index contributed by atoms with van der Waals surface area (Å²) in [6.07, 6.45) is 0. The zero-order valence-electron chi connectivity index (χ0n) is 15.6. The summed E-state index contributed by atoms with van der Waals surface area (Å²) in [5, 5.41) is 6.01. The van der Waals surface area contributed by atoms with Gasteiger partial charge >= 0.3 is 6.03 Å². The molecule has 2 aromatic carbocycles. The number of carbonyl (C=O) groups is 3. The van der Waals surface area contributed by atoms with E-state index in [0.717, 1.165) is 4.90 Å². The molecule has 1 aliphatic heterocycles. The van der Waals surface area contributed by atoms with Gasteiger partial charge in [0.15, 0.2) is 0 Å². The minimum absolute atomic E-state index is 0.0302. The highest BCUT2D eigenvalue weighted by atomic mass is 35.5. The van der Waals surface area contributed by atoms with Crippen LogP contribution in [0, 0.1) is 5.82 Å². The largest absolute Gasteiger partial charge is 0.348 e. The quantitative estimate of drug-likeness (QED) is 0.698. The van der Waals surface area contributed by atoms with E-state index in [0.29, 0.717) is 15.6 Å². The van der Waals surface area contributed by atoms with E-state index in [4.69, 9.17) is 23.2 Å². The van der Waals surface area contributed by atoms with Crippen molar-refractivity contribution in [2.45, 2.75) is 25.4 Å². The summed E-state index contributed by atoms with van der Waals surface area (Å²) in [6, 6.07) is 9.29. The molecule has 0 radical (unpaired) electrons. The van der Waals surface area contributed by atoms with Gasteiger partial charge in [0.2, 0.25) is 5.91 Å². The fourth-order valence-corrected chi connectivity index (χ4v) is 3.82. The molecule has 2 atom stereocenters. The Hall–Kier alpha value is -2.64. The predicted molar refractivity (Wildman–Crippen MR) is 107 cm³/mol. The van der Waals surface area contributed by atoms with E-state index in [9.17, 15) is 18.8 Å². The third kappa shape index (κ3) is 4.06. The van der Waals surface area contributed by atoms with Crippen LogP contribution in [-0.2, 0) is 15.1 Å². The van der Waals surface area contributed by atoms with Gasteiger partial charge in [-0.25, -0.2) is 9.18 Å². The maximum atomic E-state index is 14.2. The smallest absolute Gasteiger partial charge is 0.325 e. The Morgan fingerprint density at radius 3 is 2.59 bits per heavy atom. The summed E-state index contributed by atoms with van der Waals surface area (Å²) in [7, 11) is 0. The van der Waals surface area contributed by atoms with Crippen molar-refractivity contribution in [3.63, 3.8) is 0 Å². The molecule has 29 heavy (non-hydrogen) atoms. The normalized spacial score (nSPS) is 19.8. The molecule has 0 saturated carbocycles. The van der Waals surface area contributed by atoms with Crippen LogP contribution in [0.2, 0.25) is 10.0 Å². The highest BCUT2D eigenvalue weighted by Crippen LogP contribution is 2.30. The molecule has 1 heterocycles. The number of carbonyl (C=O) groups excluding carboxylic acids is 3. The molecule has 2 N–H and O–H groups in total. The number of amides is 4. The monoisotopic (exact) mass is 437 g/mol. The molecular formula is C20H18Cl2FN3O3. The van der Waals surface area contributed by atoms with E-state index < -0.39 is 41.8 Å². The second kappa shape index (κ2) is 8.00. The topological polar surface area (TPSA) is 78.5 Å². The highest BCUT2D eigenvalue weighted by Gasteiger charge is 2.50. The third-order valence-electron chi connectivity index (χ3n) is 4.80. The first-order chi connectivity index (χ1) is 13.6. The van der Waals surface area contributed by atoms with Gasteiger partial charge in [-0.1, -0.05) is 47.5 Å².